The van der Waals surface area contributed by atoms with E-state index in [0.717, 1.165) is 25.4 Å². The molecule has 1 fully saturated rings. The maximum absolute atomic E-state index is 5.56. The van der Waals surface area contributed by atoms with Crippen molar-refractivity contribution in [2.75, 3.05) is 6.61 Å². The van der Waals surface area contributed by atoms with Gasteiger partial charge in [-0.05, 0) is 19.3 Å². The van der Waals surface area contributed by atoms with Crippen LogP contribution in [0.4, 0.5) is 0 Å². The Kier molecular flexibility index (Phi) is 3.16. The van der Waals surface area contributed by atoms with Crippen LogP contribution in [0.2, 0.25) is 0 Å². The zero-order valence-electron chi connectivity index (χ0n) is 8.35. The summed E-state index contributed by atoms with van der Waals surface area (Å²) in [5, 5.41) is 0. The summed E-state index contributed by atoms with van der Waals surface area (Å²) in [5.41, 5.74) is 5.56. The predicted octanol–water partition coefficient (Wildman–Crippen LogP) is 0.911. The second-order valence-corrected chi connectivity index (χ2v) is 3.66. The monoisotopic (exact) mass is 195 g/mol. The van der Waals surface area contributed by atoms with Gasteiger partial charge in [-0.15, -0.1) is 0 Å². The first-order valence-corrected chi connectivity index (χ1v) is 5.22. The molecule has 2 heterocycles. The molecule has 0 bridgehead atoms. The lowest BCUT2D eigenvalue weighted by atomic mass is 10.2. The first-order chi connectivity index (χ1) is 6.90. The molecule has 4 nitrogen and oxygen atoms in total. The second kappa shape index (κ2) is 4.57. The smallest absolute Gasteiger partial charge is 0.122 e. The summed E-state index contributed by atoms with van der Waals surface area (Å²) in [6.45, 7) is 2.41. The van der Waals surface area contributed by atoms with Crippen LogP contribution in [0.15, 0.2) is 12.4 Å². The van der Waals surface area contributed by atoms with E-state index >= 15 is 0 Å². The van der Waals surface area contributed by atoms with Gasteiger partial charge in [0.2, 0.25) is 0 Å². The van der Waals surface area contributed by atoms with Gasteiger partial charge in [0.1, 0.15) is 5.82 Å². The molecule has 1 aromatic heterocycles. The van der Waals surface area contributed by atoms with Crippen molar-refractivity contribution in [2.45, 2.75) is 38.5 Å². The van der Waals surface area contributed by atoms with E-state index in [1.54, 1.807) is 6.20 Å². The number of aromatic nitrogens is 2. The number of hydrogen-bond donors (Lipinski definition) is 1. The van der Waals surface area contributed by atoms with Crippen molar-refractivity contribution < 1.29 is 4.74 Å². The minimum absolute atomic E-state index is 0.447. The van der Waals surface area contributed by atoms with Crippen LogP contribution in [-0.2, 0) is 17.8 Å². The zero-order valence-corrected chi connectivity index (χ0v) is 8.35. The van der Waals surface area contributed by atoms with E-state index in [1.165, 1.54) is 12.8 Å². The zero-order chi connectivity index (χ0) is 9.80. The fourth-order valence-electron chi connectivity index (χ4n) is 1.89. The number of imidazole rings is 1. The van der Waals surface area contributed by atoms with Gasteiger partial charge in [0.25, 0.3) is 0 Å². The highest BCUT2D eigenvalue weighted by Crippen LogP contribution is 2.16. The van der Waals surface area contributed by atoms with Gasteiger partial charge in [0, 0.05) is 25.5 Å². The Balaban J connectivity index is 1.84. The van der Waals surface area contributed by atoms with Crippen LogP contribution in [-0.4, -0.2) is 22.3 Å². The number of ether oxygens (including phenoxy) is 1. The van der Waals surface area contributed by atoms with E-state index in [4.69, 9.17) is 10.5 Å². The van der Waals surface area contributed by atoms with Crippen molar-refractivity contribution >= 4 is 0 Å². The summed E-state index contributed by atoms with van der Waals surface area (Å²) < 4.78 is 7.67. The van der Waals surface area contributed by atoms with Gasteiger partial charge >= 0.3 is 0 Å². The van der Waals surface area contributed by atoms with E-state index in [-0.39, 0.29) is 0 Å². The summed E-state index contributed by atoms with van der Waals surface area (Å²) in [4.78, 5) is 4.18. The summed E-state index contributed by atoms with van der Waals surface area (Å²) in [6.07, 6.45) is 7.71. The molecule has 1 aromatic rings. The Bertz CT molecular complexity index is 279. The number of nitrogens with zero attached hydrogens (tertiary/aromatic N) is 2. The van der Waals surface area contributed by atoms with Crippen molar-refractivity contribution in [3.8, 4) is 0 Å². The molecule has 0 saturated carbocycles. The molecule has 4 heteroatoms. The third-order valence-electron chi connectivity index (χ3n) is 2.70. The van der Waals surface area contributed by atoms with Gasteiger partial charge in [-0.1, -0.05) is 0 Å². The molecule has 1 saturated heterocycles. The maximum atomic E-state index is 5.56. The summed E-state index contributed by atoms with van der Waals surface area (Å²) in [7, 11) is 0. The normalized spacial score (nSPS) is 21.6. The van der Waals surface area contributed by atoms with Gasteiger partial charge in [-0.3, -0.25) is 0 Å². The predicted molar refractivity (Wildman–Crippen MR) is 53.7 cm³/mol. The van der Waals surface area contributed by atoms with Crippen molar-refractivity contribution in [2.24, 2.45) is 5.73 Å². The van der Waals surface area contributed by atoms with E-state index < -0.39 is 0 Å². The Morgan fingerprint density at radius 3 is 3.29 bits per heavy atom. The number of rotatable bonds is 4. The first kappa shape index (κ1) is 9.68. The van der Waals surface area contributed by atoms with Crippen molar-refractivity contribution in [1.29, 1.82) is 0 Å². The highest BCUT2D eigenvalue weighted by atomic mass is 16.5. The van der Waals surface area contributed by atoms with Crippen LogP contribution in [0.1, 0.15) is 25.1 Å². The fourth-order valence-corrected chi connectivity index (χ4v) is 1.89. The van der Waals surface area contributed by atoms with E-state index in [9.17, 15) is 0 Å². The van der Waals surface area contributed by atoms with Crippen LogP contribution in [0.5, 0.6) is 0 Å². The standard InChI is InChI=1S/C10H17N3O/c11-8-10-12-4-6-13(10)5-3-9-2-1-7-14-9/h4,6,9H,1-3,5,7-8,11H2. The van der Waals surface area contributed by atoms with Gasteiger partial charge in [0.15, 0.2) is 0 Å². The highest BCUT2D eigenvalue weighted by Gasteiger charge is 2.15. The lowest BCUT2D eigenvalue weighted by molar-refractivity contribution is 0.100. The van der Waals surface area contributed by atoms with Crippen LogP contribution >= 0.6 is 0 Å². The van der Waals surface area contributed by atoms with Crippen molar-refractivity contribution in [3.63, 3.8) is 0 Å². The Morgan fingerprint density at radius 2 is 2.57 bits per heavy atom. The Hall–Kier alpha value is -0.870. The Morgan fingerprint density at radius 1 is 1.64 bits per heavy atom. The van der Waals surface area contributed by atoms with E-state index in [2.05, 4.69) is 9.55 Å². The third-order valence-corrected chi connectivity index (χ3v) is 2.70. The second-order valence-electron chi connectivity index (χ2n) is 3.66. The highest BCUT2D eigenvalue weighted by molar-refractivity contribution is 4.91. The lowest BCUT2D eigenvalue weighted by Gasteiger charge is -2.10. The molecule has 0 spiro atoms. The molecule has 0 aliphatic carbocycles. The molecule has 2 N–H and O–H groups in total. The van der Waals surface area contributed by atoms with Crippen molar-refractivity contribution in [3.05, 3.63) is 18.2 Å². The van der Waals surface area contributed by atoms with Gasteiger partial charge in [0.05, 0.1) is 12.6 Å². The van der Waals surface area contributed by atoms with Crippen LogP contribution in [0.3, 0.4) is 0 Å². The topological polar surface area (TPSA) is 53.1 Å². The molecule has 1 atom stereocenters. The summed E-state index contributed by atoms with van der Waals surface area (Å²) in [5.74, 6) is 0.961. The maximum Gasteiger partial charge on any atom is 0.122 e. The van der Waals surface area contributed by atoms with Crippen molar-refractivity contribution in [1.82, 2.24) is 9.55 Å². The number of nitrogens with two attached hydrogens (primary N) is 1. The minimum atomic E-state index is 0.447. The molecule has 14 heavy (non-hydrogen) atoms. The molecule has 0 aromatic carbocycles. The van der Waals surface area contributed by atoms with Crippen LogP contribution in [0.25, 0.3) is 0 Å². The van der Waals surface area contributed by atoms with E-state index in [0.29, 0.717) is 12.6 Å². The SMILES string of the molecule is NCc1nccn1CCC1CCCO1. The molecule has 78 valence electrons. The number of hydrogen-bond acceptors (Lipinski definition) is 3. The minimum Gasteiger partial charge on any atom is -0.378 e. The average Bonchev–Trinajstić information content (AvgIpc) is 2.85. The van der Waals surface area contributed by atoms with Gasteiger partial charge in [-0.2, -0.15) is 0 Å². The molecule has 0 amide bonds. The van der Waals surface area contributed by atoms with Crippen LogP contribution < -0.4 is 5.73 Å². The average molecular weight is 195 g/mol. The van der Waals surface area contributed by atoms with Gasteiger partial charge in [-0.25, -0.2) is 4.98 Å². The first-order valence-electron chi connectivity index (χ1n) is 5.22. The molecular formula is C10H17N3O. The van der Waals surface area contributed by atoms with E-state index in [1.807, 2.05) is 6.20 Å². The summed E-state index contributed by atoms with van der Waals surface area (Å²) >= 11 is 0. The lowest BCUT2D eigenvalue weighted by Crippen LogP contribution is -2.13. The Labute approximate surface area is 84.1 Å². The fraction of sp³-hybridized carbons (Fsp3) is 0.700. The largest absolute Gasteiger partial charge is 0.378 e. The van der Waals surface area contributed by atoms with Crippen LogP contribution in [0, 0.1) is 0 Å². The molecule has 0 radical (unpaired) electrons. The molecule has 1 aliphatic rings. The summed E-state index contributed by atoms with van der Waals surface area (Å²) in [6, 6.07) is 0. The quantitative estimate of drug-likeness (QED) is 0.777. The molecular weight excluding hydrogens is 178 g/mol. The molecule has 1 aliphatic heterocycles. The van der Waals surface area contributed by atoms with Gasteiger partial charge < -0.3 is 15.0 Å². The number of aryl methyl sites for hydroxylation is 1. The molecule has 2 rings (SSSR count). The molecule has 1 unspecified atom stereocenters. The third kappa shape index (κ3) is 2.13.